The quantitative estimate of drug-likeness (QED) is 0.718. The van der Waals surface area contributed by atoms with Crippen LogP contribution in [0.1, 0.15) is 31.2 Å². The molecule has 1 aromatic rings. The summed E-state index contributed by atoms with van der Waals surface area (Å²) >= 11 is 0. The Morgan fingerprint density at radius 3 is 2.57 bits per heavy atom. The molecule has 74 valence electrons. The van der Waals surface area contributed by atoms with E-state index in [0.29, 0.717) is 0 Å². The standard InChI is InChI=1S/C13H16O/c14-12-8-10-6-7-13(12,9-10)11-4-2-1-3-5-11/h1-5,10,12,14H,6-9H2/t10-,12+,13-/m1/s1. The van der Waals surface area contributed by atoms with Gasteiger partial charge in [0.2, 0.25) is 0 Å². The van der Waals surface area contributed by atoms with Gasteiger partial charge in [0.25, 0.3) is 0 Å². The Kier molecular flexibility index (Phi) is 1.72. The lowest BCUT2D eigenvalue weighted by molar-refractivity contribution is 0.0891. The van der Waals surface area contributed by atoms with Crippen LogP contribution in [0.5, 0.6) is 0 Å². The first-order valence-corrected chi connectivity index (χ1v) is 5.55. The van der Waals surface area contributed by atoms with E-state index in [9.17, 15) is 5.11 Å². The van der Waals surface area contributed by atoms with Crippen LogP contribution < -0.4 is 0 Å². The summed E-state index contributed by atoms with van der Waals surface area (Å²) in [5.41, 5.74) is 1.47. The normalized spacial score (nSPS) is 40.4. The number of benzene rings is 1. The molecular weight excluding hydrogens is 172 g/mol. The van der Waals surface area contributed by atoms with E-state index >= 15 is 0 Å². The fourth-order valence-corrected chi connectivity index (χ4v) is 3.45. The van der Waals surface area contributed by atoms with Crippen molar-refractivity contribution < 1.29 is 5.11 Å². The second-order valence-electron chi connectivity index (χ2n) is 4.88. The molecule has 2 aliphatic carbocycles. The third kappa shape index (κ3) is 0.992. The molecule has 0 aromatic heterocycles. The predicted octanol–water partition coefficient (Wildman–Crippen LogP) is 2.49. The minimum absolute atomic E-state index is 0.0938. The third-order valence-corrected chi connectivity index (χ3v) is 4.19. The first kappa shape index (κ1) is 8.49. The molecule has 0 saturated heterocycles. The molecule has 0 heterocycles. The van der Waals surface area contributed by atoms with Gasteiger partial charge in [0.05, 0.1) is 6.10 Å². The molecule has 0 amide bonds. The van der Waals surface area contributed by atoms with Gasteiger partial charge >= 0.3 is 0 Å². The van der Waals surface area contributed by atoms with E-state index in [-0.39, 0.29) is 11.5 Å². The number of aliphatic hydroxyl groups is 1. The van der Waals surface area contributed by atoms with Gasteiger partial charge in [0.15, 0.2) is 0 Å². The maximum atomic E-state index is 10.1. The Morgan fingerprint density at radius 1 is 1.21 bits per heavy atom. The van der Waals surface area contributed by atoms with Crippen molar-refractivity contribution in [2.24, 2.45) is 5.92 Å². The van der Waals surface area contributed by atoms with Crippen LogP contribution in [0.25, 0.3) is 0 Å². The smallest absolute Gasteiger partial charge is 0.0639 e. The number of rotatable bonds is 1. The van der Waals surface area contributed by atoms with E-state index in [4.69, 9.17) is 0 Å². The highest BCUT2D eigenvalue weighted by Gasteiger charge is 2.52. The molecule has 0 unspecified atom stereocenters. The molecule has 14 heavy (non-hydrogen) atoms. The van der Waals surface area contributed by atoms with Gasteiger partial charge in [-0.15, -0.1) is 0 Å². The van der Waals surface area contributed by atoms with Gasteiger partial charge < -0.3 is 5.11 Å². The molecule has 3 atom stereocenters. The van der Waals surface area contributed by atoms with Crippen molar-refractivity contribution in [2.45, 2.75) is 37.2 Å². The van der Waals surface area contributed by atoms with Crippen molar-refractivity contribution in [1.29, 1.82) is 0 Å². The summed E-state index contributed by atoms with van der Waals surface area (Å²) in [7, 11) is 0. The number of hydrogen-bond acceptors (Lipinski definition) is 1. The number of hydrogen-bond donors (Lipinski definition) is 1. The van der Waals surface area contributed by atoms with Crippen molar-refractivity contribution in [2.75, 3.05) is 0 Å². The van der Waals surface area contributed by atoms with Crippen LogP contribution in [0.15, 0.2) is 30.3 Å². The molecule has 1 nitrogen and oxygen atoms in total. The molecule has 2 saturated carbocycles. The van der Waals surface area contributed by atoms with Crippen LogP contribution in [0.3, 0.4) is 0 Å². The molecule has 1 heteroatoms. The molecule has 0 aliphatic heterocycles. The minimum atomic E-state index is -0.0938. The average molecular weight is 188 g/mol. The van der Waals surface area contributed by atoms with Gasteiger partial charge in [-0.1, -0.05) is 30.3 Å². The predicted molar refractivity (Wildman–Crippen MR) is 56.1 cm³/mol. The zero-order chi connectivity index (χ0) is 9.60. The topological polar surface area (TPSA) is 20.2 Å². The summed E-state index contributed by atoms with van der Waals surface area (Å²) in [5.74, 6) is 0.783. The fraction of sp³-hybridized carbons (Fsp3) is 0.538. The lowest BCUT2D eigenvalue weighted by Gasteiger charge is -2.32. The van der Waals surface area contributed by atoms with Crippen LogP contribution in [0.2, 0.25) is 0 Å². The second-order valence-corrected chi connectivity index (χ2v) is 4.88. The highest BCUT2D eigenvalue weighted by Crippen LogP contribution is 2.55. The molecule has 0 spiro atoms. The van der Waals surface area contributed by atoms with Gasteiger partial charge in [-0.25, -0.2) is 0 Å². The highest BCUT2D eigenvalue weighted by atomic mass is 16.3. The van der Waals surface area contributed by atoms with Crippen molar-refractivity contribution in [1.82, 2.24) is 0 Å². The lowest BCUT2D eigenvalue weighted by Crippen LogP contribution is -2.34. The second kappa shape index (κ2) is 2.83. The molecule has 2 fully saturated rings. The van der Waals surface area contributed by atoms with E-state index in [0.717, 1.165) is 12.3 Å². The first-order valence-electron chi connectivity index (χ1n) is 5.55. The number of fused-ring (bicyclic) bond motifs is 2. The molecule has 2 bridgehead atoms. The van der Waals surface area contributed by atoms with Gasteiger partial charge in [-0.3, -0.25) is 0 Å². The molecular formula is C13H16O. The van der Waals surface area contributed by atoms with E-state index in [2.05, 4.69) is 24.3 Å². The monoisotopic (exact) mass is 188 g/mol. The fourth-order valence-electron chi connectivity index (χ4n) is 3.45. The summed E-state index contributed by atoms with van der Waals surface area (Å²) in [6, 6.07) is 10.6. The molecule has 1 aromatic carbocycles. The zero-order valence-electron chi connectivity index (χ0n) is 8.32. The number of aliphatic hydroxyl groups excluding tert-OH is 1. The summed E-state index contributed by atoms with van der Waals surface area (Å²) in [6.45, 7) is 0. The van der Waals surface area contributed by atoms with Crippen LogP contribution in [-0.4, -0.2) is 11.2 Å². The maximum Gasteiger partial charge on any atom is 0.0639 e. The van der Waals surface area contributed by atoms with Gasteiger partial charge in [0, 0.05) is 5.41 Å². The largest absolute Gasteiger partial charge is 0.392 e. The summed E-state index contributed by atoms with van der Waals surface area (Å²) in [6.07, 6.45) is 4.63. The highest BCUT2D eigenvalue weighted by molar-refractivity contribution is 5.31. The molecule has 1 N–H and O–H groups in total. The van der Waals surface area contributed by atoms with Crippen molar-refractivity contribution in [3.63, 3.8) is 0 Å². The Hall–Kier alpha value is -0.820. The average Bonchev–Trinajstić information content (AvgIpc) is 2.77. The molecule has 2 aliphatic rings. The zero-order valence-corrected chi connectivity index (χ0v) is 8.32. The Bertz CT molecular complexity index is 332. The van der Waals surface area contributed by atoms with Gasteiger partial charge in [-0.2, -0.15) is 0 Å². The maximum absolute atomic E-state index is 10.1. The molecule has 0 radical (unpaired) electrons. The van der Waals surface area contributed by atoms with Gasteiger partial charge in [-0.05, 0) is 37.2 Å². The summed E-state index contributed by atoms with van der Waals surface area (Å²) < 4.78 is 0. The van der Waals surface area contributed by atoms with Crippen LogP contribution in [-0.2, 0) is 5.41 Å². The van der Waals surface area contributed by atoms with Crippen LogP contribution in [0, 0.1) is 5.92 Å². The first-order chi connectivity index (χ1) is 6.81. The van der Waals surface area contributed by atoms with E-state index in [1.807, 2.05) is 6.07 Å². The Morgan fingerprint density at radius 2 is 2.00 bits per heavy atom. The Balaban J connectivity index is 2.04. The van der Waals surface area contributed by atoms with Crippen LogP contribution in [0.4, 0.5) is 0 Å². The lowest BCUT2D eigenvalue weighted by atomic mass is 9.76. The van der Waals surface area contributed by atoms with E-state index in [1.165, 1.54) is 24.8 Å². The minimum Gasteiger partial charge on any atom is -0.392 e. The van der Waals surface area contributed by atoms with E-state index < -0.39 is 0 Å². The summed E-state index contributed by atoms with van der Waals surface area (Å²) in [4.78, 5) is 0. The van der Waals surface area contributed by atoms with Crippen molar-refractivity contribution in [3.05, 3.63) is 35.9 Å². The van der Waals surface area contributed by atoms with Crippen molar-refractivity contribution in [3.8, 4) is 0 Å². The van der Waals surface area contributed by atoms with Crippen LogP contribution >= 0.6 is 0 Å². The summed E-state index contributed by atoms with van der Waals surface area (Å²) in [5, 5.41) is 10.1. The SMILES string of the molecule is O[C@H]1C[C@H]2CC[C@]1(c1ccccc1)C2. The third-order valence-electron chi connectivity index (χ3n) is 4.19. The molecule has 3 rings (SSSR count). The van der Waals surface area contributed by atoms with Gasteiger partial charge in [0.1, 0.15) is 0 Å². The Labute approximate surface area is 84.8 Å². The van der Waals surface area contributed by atoms with E-state index in [1.54, 1.807) is 0 Å². The van der Waals surface area contributed by atoms with Crippen molar-refractivity contribution >= 4 is 0 Å².